The van der Waals surface area contributed by atoms with Crippen LogP contribution in [0.25, 0.3) is 0 Å². The molecule has 0 heterocycles. The van der Waals surface area contributed by atoms with E-state index in [1.807, 2.05) is 12.3 Å². The summed E-state index contributed by atoms with van der Waals surface area (Å²) in [5.74, 6) is -0.133. The van der Waals surface area contributed by atoms with Crippen LogP contribution in [-0.4, -0.2) is 18.2 Å². The zero-order valence-corrected chi connectivity index (χ0v) is 10.2. The van der Waals surface area contributed by atoms with Crippen LogP contribution in [0, 0.1) is 0 Å². The largest absolute Gasteiger partial charge is 0.370 e. The molecule has 0 saturated heterocycles. The molecular formula is C9H12ClN5S. The molecule has 0 amide bonds. The van der Waals surface area contributed by atoms with Crippen molar-refractivity contribution in [2.24, 2.45) is 27.2 Å². The minimum atomic E-state index is -0.131. The molecule has 0 radical (unpaired) electrons. The van der Waals surface area contributed by atoms with Gasteiger partial charge in [0.1, 0.15) is 0 Å². The van der Waals surface area contributed by atoms with Gasteiger partial charge in [0.05, 0.1) is 5.69 Å². The van der Waals surface area contributed by atoms with Crippen molar-refractivity contribution in [3.8, 4) is 0 Å². The second-order valence-electron chi connectivity index (χ2n) is 2.82. The molecule has 0 aliphatic carbocycles. The summed E-state index contributed by atoms with van der Waals surface area (Å²) in [7, 11) is 0. The smallest absolute Gasteiger partial charge is 0.223 e. The molecular weight excluding hydrogens is 246 g/mol. The van der Waals surface area contributed by atoms with Crippen LogP contribution in [0.4, 0.5) is 5.69 Å². The van der Waals surface area contributed by atoms with Crippen molar-refractivity contribution in [1.29, 1.82) is 0 Å². The van der Waals surface area contributed by atoms with Gasteiger partial charge in [0, 0.05) is 9.92 Å². The monoisotopic (exact) mass is 257 g/mol. The quantitative estimate of drug-likeness (QED) is 0.422. The first-order chi connectivity index (χ1) is 7.52. The third kappa shape index (κ3) is 3.63. The standard InChI is InChI=1S/C9H12ClN5S/c1-16-7-3-2-5(10)4-6(7)14-9(13)15-8(11)12/h2-4H,1H3,(H6,11,12,13,14,15). The van der Waals surface area contributed by atoms with Gasteiger partial charge in [-0.3, -0.25) is 0 Å². The van der Waals surface area contributed by atoms with Gasteiger partial charge in [-0.15, -0.1) is 11.8 Å². The van der Waals surface area contributed by atoms with Crippen LogP contribution in [0.5, 0.6) is 0 Å². The Morgan fingerprint density at radius 3 is 2.56 bits per heavy atom. The van der Waals surface area contributed by atoms with Crippen LogP contribution in [0.3, 0.4) is 0 Å². The highest BCUT2D eigenvalue weighted by molar-refractivity contribution is 7.98. The molecule has 7 heteroatoms. The number of aliphatic imine (C=N–C) groups is 2. The van der Waals surface area contributed by atoms with Crippen molar-refractivity contribution in [3.63, 3.8) is 0 Å². The fourth-order valence-electron chi connectivity index (χ4n) is 1.03. The fourth-order valence-corrected chi connectivity index (χ4v) is 1.72. The molecule has 0 bridgehead atoms. The molecule has 0 saturated carbocycles. The summed E-state index contributed by atoms with van der Waals surface area (Å²) in [4.78, 5) is 8.64. The van der Waals surface area contributed by atoms with Crippen molar-refractivity contribution in [2.75, 3.05) is 6.26 Å². The molecule has 1 aromatic carbocycles. The van der Waals surface area contributed by atoms with Gasteiger partial charge in [-0.25, -0.2) is 4.99 Å². The Labute approximate surface area is 103 Å². The normalized spacial score (nSPS) is 11.2. The predicted molar refractivity (Wildman–Crippen MR) is 70.3 cm³/mol. The van der Waals surface area contributed by atoms with E-state index < -0.39 is 0 Å². The summed E-state index contributed by atoms with van der Waals surface area (Å²) in [5, 5.41) is 0.578. The topological polar surface area (TPSA) is 103 Å². The molecule has 0 fully saturated rings. The van der Waals surface area contributed by atoms with Crippen molar-refractivity contribution in [3.05, 3.63) is 23.2 Å². The van der Waals surface area contributed by atoms with E-state index >= 15 is 0 Å². The lowest BCUT2D eigenvalue weighted by atomic mass is 10.3. The van der Waals surface area contributed by atoms with Gasteiger partial charge in [-0.1, -0.05) is 11.6 Å². The summed E-state index contributed by atoms with van der Waals surface area (Å²) in [6, 6.07) is 5.33. The van der Waals surface area contributed by atoms with E-state index in [1.165, 1.54) is 11.8 Å². The fraction of sp³-hybridized carbons (Fsp3) is 0.111. The maximum atomic E-state index is 5.86. The van der Waals surface area contributed by atoms with Crippen molar-refractivity contribution < 1.29 is 0 Å². The Morgan fingerprint density at radius 2 is 2.00 bits per heavy atom. The zero-order chi connectivity index (χ0) is 12.1. The molecule has 0 spiro atoms. The lowest BCUT2D eigenvalue weighted by Crippen LogP contribution is -2.26. The predicted octanol–water partition coefficient (Wildman–Crippen LogP) is 1.28. The van der Waals surface area contributed by atoms with Crippen LogP contribution < -0.4 is 17.2 Å². The SMILES string of the molecule is CSc1ccc(Cl)cc1N=C(N)N=C(N)N. The first kappa shape index (κ1) is 12.7. The van der Waals surface area contributed by atoms with E-state index in [-0.39, 0.29) is 11.9 Å². The second-order valence-corrected chi connectivity index (χ2v) is 4.11. The van der Waals surface area contributed by atoms with Gasteiger partial charge in [0.25, 0.3) is 0 Å². The number of halogens is 1. The highest BCUT2D eigenvalue weighted by Gasteiger charge is 2.02. The summed E-state index contributed by atoms with van der Waals surface area (Å²) < 4.78 is 0. The second kappa shape index (κ2) is 5.62. The third-order valence-corrected chi connectivity index (χ3v) is 2.64. The Kier molecular flexibility index (Phi) is 4.45. The number of nitrogens with two attached hydrogens (primary N) is 3. The highest BCUT2D eigenvalue weighted by atomic mass is 35.5. The van der Waals surface area contributed by atoms with Crippen LogP contribution in [-0.2, 0) is 0 Å². The summed E-state index contributed by atoms with van der Waals surface area (Å²) in [6.45, 7) is 0. The lowest BCUT2D eigenvalue weighted by molar-refractivity contribution is 1.32. The minimum Gasteiger partial charge on any atom is -0.370 e. The summed E-state index contributed by atoms with van der Waals surface area (Å²) >= 11 is 7.39. The number of rotatable bonds is 2. The summed E-state index contributed by atoms with van der Waals surface area (Å²) in [5.41, 5.74) is 16.5. The zero-order valence-electron chi connectivity index (χ0n) is 8.64. The van der Waals surface area contributed by atoms with E-state index in [1.54, 1.807) is 12.1 Å². The molecule has 6 N–H and O–H groups in total. The molecule has 1 aromatic rings. The van der Waals surface area contributed by atoms with Gasteiger partial charge in [0.15, 0.2) is 5.96 Å². The Hall–Kier alpha value is -1.40. The number of hydrogen-bond donors (Lipinski definition) is 3. The maximum absolute atomic E-state index is 5.86. The van der Waals surface area contributed by atoms with Crippen molar-refractivity contribution >= 4 is 41.0 Å². The number of hydrogen-bond acceptors (Lipinski definition) is 2. The molecule has 5 nitrogen and oxygen atoms in total. The molecule has 0 atom stereocenters. The average molecular weight is 258 g/mol. The van der Waals surface area contributed by atoms with E-state index in [4.69, 9.17) is 28.8 Å². The van der Waals surface area contributed by atoms with E-state index in [0.29, 0.717) is 10.7 Å². The van der Waals surface area contributed by atoms with Crippen molar-refractivity contribution in [1.82, 2.24) is 0 Å². The van der Waals surface area contributed by atoms with Gasteiger partial charge in [0.2, 0.25) is 5.96 Å². The molecule has 86 valence electrons. The first-order valence-corrected chi connectivity index (χ1v) is 5.90. The Balaban J connectivity index is 3.12. The van der Waals surface area contributed by atoms with Gasteiger partial charge in [-0.05, 0) is 24.5 Å². The van der Waals surface area contributed by atoms with Gasteiger partial charge >= 0.3 is 0 Å². The first-order valence-electron chi connectivity index (χ1n) is 4.30. The molecule has 16 heavy (non-hydrogen) atoms. The van der Waals surface area contributed by atoms with Crippen molar-refractivity contribution in [2.45, 2.75) is 4.90 Å². The van der Waals surface area contributed by atoms with E-state index in [0.717, 1.165) is 4.90 Å². The maximum Gasteiger partial charge on any atom is 0.223 e. The van der Waals surface area contributed by atoms with Crippen LogP contribution in [0.2, 0.25) is 5.02 Å². The highest BCUT2D eigenvalue weighted by Crippen LogP contribution is 2.30. The third-order valence-electron chi connectivity index (χ3n) is 1.62. The minimum absolute atomic E-state index is 0.00225. The van der Waals surface area contributed by atoms with E-state index in [9.17, 15) is 0 Å². The molecule has 0 aliphatic heterocycles. The van der Waals surface area contributed by atoms with E-state index in [2.05, 4.69) is 9.98 Å². The Morgan fingerprint density at radius 1 is 1.31 bits per heavy atom. The van der Waals surface area contributed by atoms with Gasteiger partial charge < -0.3 is 17.2 Å². The molecule has 0 unspecified atom stereocenters. The number of benzene rings is 1. The number of thioether (sulfide) groups is 1. The summed E-state index contributed by atoms with van der Waals surface area (Å²) in [6.07, 6.45) is 1.93. The Bertz CT molecular complexity index is 440. The average Bonchev–Trinajstić information content (AvgIpc) is 2.16. The van der Waals surface area contributed by atoms with Crippen LogP contribution in [0.15, 0.2) is 33.1 Å². The molecule has 0 aromatic heterocycles. The number of nitrogens with zero attached hydrogens (tertiary/aromatic N) is 2. The van der Waals surface area contributed by atoms with Crippen LogP contribution in [0.1, 0.15) is 0 Å². The molecule has 0 aliphatic rings. The van der Waals surface area contributed by atoms with Gasteiger partial charge in [-0.2, -0.15) is 4.99 Å². The molecule has 1 rings (SSSR count). The number of guanidine groups is 2. The van der Waals surface area contributed by atoms with Crippen LogP contribution >= 0.6 is 23.4 Å². The lowest BCUT2D eigenvalue weighted by Gasteiger charge is -2.03.